The van der Waals surface area contributed by atoms with Gasteiger partial charge in [0.05, 0.1) is 5.02 Å². The van der Waals surface area contributed by atoms with Crippen LogP contribution >= 0.6 is 11.6 Å². The van der Waals surface area contributed by atoms with Crippen LogP contribution in [0.25, 0.3) is 5.82 Å². The summed E-state index contributed by atoms with van der Waals surface area (Å²) in [6.45, 7) is 0. The molecule has 0 aliphatic rings. The quantitative estimate of drug-likeness (QED) is 0.680. The maximum Gasteiger partial charge on any atom is 0.491 e. The minimum atomic E-state index is -1.54. The van der Waals surface area contributed by atoms with E-state index in [1.165, 1.54) is 17.1 Å². The lowest BCUT2D eigenvalue weighted by atomic mass is 9.83. The molecule has 0 aliphatic heterocycles. The standard InChI is InChI=1S/C8H7BClN3O2/c10-7-2-1-3-11-8(7)13-5-6(4-12-13)9(14)15/h1-5,14-15H. The molecule has 0 radical (unpaired) electrons. The Bertz CT molecular complexity index is 474. The Kier molecular flexibility index (Phi) is 2.72. The first-order chi connectivity index (χ1) is 7.18. The average molecular weight is 223 g/mol. The van der Waals surface area contributed by atoms with Gasteiger partial charge in [-0.05, 0) is 12.1 Å². The molecule has 7 heteroatoms. The van der Waals surface area contributed by atoms with Crippen molar-refractivity contribution in [3.05, 3.63) is 35.7 Å². The highest BCUT2D eigenvalue weighted by Gasteiger charge is 2.14. The van der Waals surface area contributed by atoms with Gasteiger partial charge in [-0.1, -0.05) is 11.6 Å². The van der Waals surface area contributed by atoms with Gasteiger partial charge in [0.2, 0.25) is 0 Å². The largest absolute Gasteiger partial charge is 0.491 e. The van der Waals surface area contributed by atoms with Crippen LogP contribution in [0, 0.1) is 0 Å². The van der Waals surface area contributed by atoms with Crippen molar-refractivity contribution in [1.29, 1.82) is 0 Å². The Morgan fingerprint density at radius 2 is 2.20 bits per heavy atom. The predicted molar refractivity (Wildman–Crippen MR) is 56.2 cm³/mol. The van der Waals surface area contributed by atoms with E-state index in [0.29, 0.717) is 10.8 Å². The van der Waals surface area contributed by atoms with E-state index >= 15 is 0 Å². The van der Waals surface area contributed by atoms with Gasteiger partial charge in [0.15, 0.2) is 5.82 Å². The van der Waals surface area contributed by atoms with Crippen LogP contribution < -0.4 is 5.46 Å². The number of pyridine rings is 1. The molecule has 0 aliphatic carbocycles. The summed E-state index contributed by atoms with van der Waals surface area (Å²) in [5.41, 5.74) is 0.289. The fraction of sp³-hybridized carbons (Fsp3) is 0. The van der Waals surface area contributed by atoms with Crippen LogP contribution in [0.5, 0.6) is 0 Å². The van der Waals surface area contributed by atoms with Crippen molar-refractivity contribution < 1.29 is 10.0 Å². The molecule has 0 aromatic carbocycles. The van der Waals surface area contributed by atoms with Crippen LogP contribution in [0.2, 0.25) is 5.02 Å². The fourth-order valence-electron chi connectivity index (χ4n) is 1.13. The van der Waals surface area contributed by atoms with Gasteiger partial charge in [0.1, 0.15) is 0 Å². The Labute approximate surface area is 91.1 Å². The number of nitrogens with zero attached hydrogens (tertiary/aromatic N) is 3. The Hall–Kier alpha value is -1.37. The SMILES string of the molecule is OB(O)c1cnn(-c2ncccc2Cl)c1. The fourth-order valence-corrected chi connectivity index (χ4v) is 1.34. The summed E-state index contributed by atoms with van der Waals surface area (Å²) in [6.07, 6.45) is 4.38. The molecule has 0 unspecified atom stereocenters. The van der Waals surface area contributed by atoms with Crippen molar-refractivity contribution in [2.75, 3.05) is 0 Å². The van der Waals surface area contributed by atoms with Gasteiger partial charge in [-0.3, -0.25) is 0 Å². The second-order valence-electron chi connectivity index (χ2n) is 2.90. The van der Waals surface area contributed by atoms with E-state index in [2.05, 4.69) is 10.1 Å². The van der Waals surface area contributed by atoms with Crippen LogP contribution in [-0.2, 0) is 0 Å². The lowest BCUT2D eigenvalue weighted by molar-refractivity contribution is 0.426. The molecular weight excluding hydrogens is 216 g/mol. The zero-order valence-corrected chi connectivity index (χ0v) is 8.33. The van der Waals surface area contributed by atoms with Crippen LogP contribution in [0.3, 0.4) is 0 Å². The molecule has 2 aromatic rings. The van der Waals surface area contributed by atoms with Crippen molar-refractivity contribution >= 4 is 24.2 Å². The van der Waals surface area contributed by atoms with Crippen LogP contribution in [-0.4, -0.2) is 31.9 Å². The molecule has 2 rings (SSSR count). The van der Waals surface area contributed by atoms with Crippen molar-refractivity contribution in [2.45, 2.75) is 0 Å². The normalized spacial score (nSPS) is 10.3. The summed E-state index contributed by atoms with van der Waals surface area (Å²) in [4.78, 5) is 4.03. The highest BCUT2D eigenvalue weighted by atomic mass is 35.5. The molecule has 0 spiro atoms. The minimum absolute atomic E-state index is 0.289. The van der Waals surface area contributed by atoms with E-state index < -0.39 is 7.12 Å². The molecule has 0 atom stereocenters. The second kappa shape index (κ2) is 4.02. The molecular formula is C8H7BClN3O2. The maximum absolute atomic E-state index is 8.90. The summed E-state index contributed by atoms with van der Waals surface area (Å²) in [5, 5.41) is 22.2. The minimum Gasteiger partial charge on any atom is -0.423 e. The van der Waals surface area contributed by atoms with Gasteiger partial charge in [-0.2, -0.15) is 5.10 Å². The predicted octanol–water partition coefficient (Wildman–Crippen LogP) is -0.400. The van der Waals surface area contributed by atoms with Crippen molar-refractivity contribution in [3.8, 4) is 5.82 Å². The first-order valence-electron chi connectivity index (χ1n) is 4.20. The average Bonchev–Trinajstić information content (AvgIpc) is 2.67. The van der Waals surface area contributed by atoms with Gasteiger partial charge in [-0.25, -0.2) is 9.67 Å². The van der Waals surface area contributed by atoms with Crippen LogP contribution in [0.4, 0.5) is 0 Å². The van der Waals surface area contributed by atoms with E-state index in [-0.39, 0.29) is 5.46 Å². The van der Waals surface area contributed by atoms with Crippen molar-refractivity contribution in [3.63, 3.8) is 0 Å². The molecule has 0 saturated heterocycles. The van der Waals surface area contributed by atoms with Gasteiger partial charge < -0.3 is 10.0 Å². The Morgan fingerprint density at radius 1 is 1.40 bits per heavy atom. The number of halogens is 1. The number of hydrogen-bond acceptors (Lipinski definition) is 4. The molecule has 0 saturated carbocycles. The number of hydrogen-bond donors (Lipinski definition) is 2. The number of rotatable bonds is 2. The molecule has 76 valence electrons. The van der Waals surface area contributed by atoms with Crippen LogP contribution in [0.15, 0.2) is 30.7 Å². The summed E-state index contributed by atoms with van der Waals surface area (Å²) >= 11 is 5.90. The van der Waals surface area contributed by atoms with Gasteiger partial charge in [-0.15, -0.1) is 0 Å². The van der Waals surface area contributed by atoms with Crippen LogP contribution in [0.1, 0.15) is 0 Å². The Morgan fingerprint density at radius 3 is 2.80 bits per heavy atom. The smallest absolute Gasteiger partial charge is 0.423 e. The molecule has 15 heavy (non-hydrogen) atoms. The topological polar surface area (TPSA) is 71.2 Å². The van der Waals surface area contributed by atoms with E-state index in [0.717, 1.165) is 0 Å². The first-order valence-corrected chi connectivity index (χ1v) is 4.58. The lowest BCUT2D eigenvalue weighted by Crippen LogP contribution is -2.28. The summed E-state index contributed by atoms with van der Waals surface area (Å²) < 4.78 is 1.39. The third kappa shape index (κ3) is 2.01. The zero-order valence-electron chi connectivity index (χ0n) is 7.58. The summed E-state index contributed by atoms with van der Waals surface area (Å²) in [6, 6.07) is 3.39. The second-order valence-corrected chi connectivity index (χ2v) is 3.31. The van der Waals surface area contributed by atoms with E-state index in [9.17, 15) is 0 Å². The first kappa shape index (κ1) is 10.2. The molecule has 5 nitrogen and oxygen atoms in total. The van der Waals surface area contributed by atoms with E-state index in [1.807, 2.05) is 0 Å². The summed E-state index contributed by atoms with van der Waals surface area (Å²) in [5.74, 6) is 0.450. The van der Waals surface area contributed by atoms with Gasteiger partial charge in [0.25, 0.3) is 0 Å². The zero-order chi connectivity index (χ0) is 10.8. The van der Waals surface area contributed by atoms with Gasteiger partial charge in [0, 0.05) is 24.1 Å². The molecule has 2 aromatic heterocycles. The summed E-state index contributed by atoms with van der Waals surface area (Å²) in [7, 11) is -1.54. The molecule has 2 heterocycles. The monoisotopic (exact) mass is 223 g/mol. The van der Waals surface area contributed by atoms with Crippen molar-refractivity contribution in [1.82, 2.24) is 14.8 Å². The van der Waals surface area contributed by atoms with E-state index in [4.69, 9.17) is 21.6 Å². The molecule has 0 amide bonds. The third-order valence-electron chi connectivity index (χ3n) is 1.86. The lowest BCUT2D eigenvalue weighted by Gasteiger charge is -2.01. The van der Waals surface area contributed by atoms with E-state index in [1.54, 1.807) is 18.3 Å². The molecule has 2 N–H and O–H groups in total. The third-order valence-corrected chi connectivity index (χ3v) is 2.15. The number of aromatic nitrogens is 3. The highest BCUT2D eigenvalue weighted by molar-refractivity contribution is 6.58. The highest BCUT2D eigenvalue weighted by Crippen LogP contribution is 2.14. The van der Waals surface area contributed by atoms with Crippen molar-refractivity contribution in [2.24, 2.45) is 0 Å². The Balaban J connectivity index is 2.42. The van der Waals surface area contributed by atoms with Gasteiger partial charge >= 0.3 is 7.12 Å². The molecule has 0 bridgehead atoms. The maximum atomic E-state index is 8.90. The molecule has 0 fully saturated rings.